The molecule has 7 nitrogen and oxygen atoms in total. The fraction of sp³-hybridized carbons (Fsp3) is 0.800. The van der Waals surface area contributed by atoms with E-state index in [9.17, 15) is 9.90 Å². The average molecular weight is 312 g/mol. The molecule has 1 aromatic heterocycles. The van der Waals surface area contributed by atoms with Crippen molar-refractivity contribution in [2.24, 2.45) is 18.4 Å². The molecule has 0 radical (unpaired) electrons. The number of aliphatic hydroxyl groups is 1. The Balaban J connectivity index is 2.77. The number of hydrogen-bond donors (Lipinski definition) is 2. The summed E-state index contributed by atoms with van der Waals surface area (Å²) in [5.74, 6) is 0.148. The number of nitrogens with zero attached hydrogens (tertiary/aromatic N) is 3. The number of carbonyl (C=O) groups excluding carboxylic acids is 1. The Morgan fingerprint density at radius 3 is 2.50 bits per heavy atom. The standard InChI is InChI=1S/C15H28N4O3/c1-11(2)15(10-20,7-12-8-19(6)18-17-12)9-16-13(21)22-14(3,4)5/h8,11,20H,7,9-10H2,1-6H3,(H,16,21). The minimum absolute atomic E-state index is 0.0585. The van der Waals surface area contributed by atoms with Crippen LogP contribution in [-0.2, 0) is 18.2 Å². The molecular formula is C15H28N4O3. The quantitative estimate of drug-likeness (QED) is 0.831. The van der Waals surface area contributed by atoms with E-state index in [-0.39, 0.29) is 12.5 Å². The van der Waals surface area contributed by atoms with Gasteiger partial charge in [-0.05, 0) is 26.7 Å². The number of rotatable bonds is 6. The van der Waals surface area contributed by atoms with Gasteiger partial charge < -0.3 is 15.2 Å². The molecular weight excluding hydrogens is 284 g/mol. The van der Waals surface area contributed by atoms with Crippen LogP contribution in [0.15, 0.2) is 6.20 Å². The second kappa shape index (κ2) is 7.09. The van der Waals surface area contributed by atoms with Crippen molar-refractivity contribution < 1.29 is 14.6 Å². The summed E-state index contributed by atoms with van der Waals surface area (Å²) in [6.07, 6.45) is 1.87. The van der Waals surface area contributed by atoms with Crippen LogP contribution in [0.1, 0.15) is 40.3 Å². The lowest BCUT2D eigenvalue weighted by Gasteiger charge is -2.35. The van der Waals surface area contributed by atoms with Gasteiger partial charge in [-0.15, -0.1) is 5.10 Å². The Kier molecular flexibility index (Phi) is 5.93. The Morgan fingerprint density at radius 1 is 1.45 bits per heavy atom. The van der Waals surface area contributed by atoms with Gasteiger partial charge in [0.2, 0.25) is 0 Å². The largest absolute Gasteiger partial charge is 0.444 e. The number of hydrogen-bond acceptors (Lipinski definition) is 5. The highest BCUT2D eigenvalue weighted by molar-refractivity contribution is 5.67. The van der Waals surface area contributed by atoms with Gasteiger partial charge in [0.05, 0.1) is 12.3 Å². The molecule has 7 heteroatoms. The summed E-state index contributed by atoms with van der Waals surface area (Å²) in [7, 11) is 1.80. The number of aliphatic hydroxyl groups excluding tert-OH is 1. The van der Waals surface area contributed by atoms with Gasteiger partial charge in [0.1, 0.15) is 5.60 Å². The third kappa shape index (κ3) is 5.29. The van der Waals surface area contributed by atoms with Crippen molar-refractivity contribution in [1.29, 1.82) is 0 Å². The van der Waals surface area contributed by atoms with E-state index in [0.29, 0.717) is 13.0 Å². The van der Waals surface area contributed by atoms with Crippen LogP contribution in [0.4, 0.5) is 4.79 Å². The molecule has 0 aliphatic rings. The molecule has 2 N–H and O–H groups in total. The first-order valence-electron chi connectivity index (χ1n) is 7.51. The molecule has 0 bridgehead atoms. The highest BCUT2D eigenvalue weighted by atomic mass is 16.6. The zero-order valence-corrected chi connectivity index (χ0v) is 14.4. The number of aryl methyl sites for hydroxylation is 1. The van der Waals surface area contributed by atoms with E-state index in [0.717, 1.165) is 5.69 Å². The van der Waals surface area contributed by atoms with Crippen LogP contribution in [0.25, 0.3) is 0 Å². The van der Waals surface area contributed by atoms with Crippen molar-refractivity contribution in [2.75, 3.05) is 13.2 Å². The second-order valence-corrected chi connectivity index (χ2v) is 7.09. The fourth-order valence-electron chi connectivity index (χ4n) is 2.16. The van der Waals surface area contributed by atoms with Crippen molar-refractivity contribution in [3.05, 3.63) is 11.9 Å². The highest BCUT2D eigenvalue weighted by Crippen LogP contribution is 2.30. The molecule has 0 aliphatic carbocycles. The number of aromatic nitrogens is 3. The van der Waals surface area contributed by atoms with Crippen LogP contribution < -0.4 is 5.32 Å². The van der Waals surface area contributed by atoms with Crippen LogP contribution in [0.2, 0.25) is 0 Å². The highest BCUT2D eigenvalue weighted by Gasteiger charge is 2.35. The lowest BCUT2D eigenvalue weighted by atomic mass is 9.74. The van der Waals surface area contributed by atoms with E-state index < -0.39 is 17.1 Å². The van der Waals surface area contributed by atoms with Gasteiger partial charge in [-0.3, -0.25) is 4.68 Å². The molecule has 22 heavy (non-hydrogen) atoms. The predicted molar refractivity (Wildman–Crippen MR) is 83.3 cm³/mol. The topological polar surface area (TPSA) is 89.3 Å². The third-order valence-corrected chi connectivity index (χ3v) is 3.71. The maximum absolute atomic E-state index is 11.9. The van der Waals surface area contributed by atoms with Crippen molar-refractivity contribution in [1.82, 2.24) is 20.3 Å². The van der Waals surface area contributed by atoms with E-state index >= 15 is 0 Å². The second-order valence-electron chi connectivity index (χ2n) is 7.09. The van der Waals surface area contributed by atoms with Crippen molar-refractivity contribution in [3.8, 4) is 0 Å². The maximum atomic E-state index is 11.9. The first-order valence-corrected chi connectivity index (χ1v) is 7.51. The molecule has 0 saturated carbocycles. The third-order valence-electron chi connectivity index (χ3n) is 3.71. The van der Waals surface area contributed by atoms with Gasteiger partial charge in [-0.1, -0.05) is 19.1 Å². The van der Waals surface area contributed by atoms with Crippen molar-refractivity contribution >= 4 is 6.09 Å². The molecule has 1 atom stereocenters. The Morgan fingerprint density at radius 2 is 2.09 bits per heavy atom. The molecule has 1 unspecified atom stereocenters. The molecule has 0 aromatic carbocycles. The molecule has 1 amide bonds. The van der Waals surface area contributed by atoms with Crippen LogP contribution in [0.3, 0.4) is 0 Å². The predicted octanol–water partition coefficient (Wildman–Crippen LogP) is 1.52. The monoisotopic (exact) mass is 312 g/mol. The summed E-state index contributed by atoms with van der Waals surface area (Å²) in [6, 6.07) is 0. The summed E-state index contributed by atoms with van der Waals surface area (Å²) in [4.78, 5) is 11.9. The summed E-state index contributed by atoms with van der Waals surface area (Å²) in [5.41, 5.74) is -0.266. The van der Waals surface area contributed by atoms with Gasteiger partial charge in [0.15, 0.2) is 0 Å². The first-order chi connectivity index (χ1) is 10.1. The minimum atomic E-state index is -0.547. The molecule has 0 spiro atoms. The van der Waals surface area contributed by atoms with E-state index in [2.05, 4.69) is 15.6 Å². The molecule has 126 valence electrons. The molecule has 1 rings (SSSR count). The van der Waals surface area contributed by atoms with Gasteiger partial charge in [-0.2, -0.15) is 0 Å². The molecule has 1 aromatic rings. The average Bonchev–Trinajstić information content (AvgIpc) is 2.77. The smallest absolute Gasteiger partial charge is 0.407 e. The molecule has 1 heterocycles. The van der Waals surface area contributed by atoms with Gasteiger partial charge in [0.25, 0.3) is 0 Å². The van der Waals surface area contributed by atoms with E-state index in [1.165, 1.54) is 0 Å². The van der Waals surface area contributed by atoms with Gasteiger partial charge in [-0.25, -0.2) is 4.79 Å². The zero-order valence-electron chi connectivity index (χ0n) is 14.4. The Hall–Kier alpha value is -1.63. The lowest BCUT2D eigenvalue weighted by Crippen LogP contribution is -2.46. The molecule has 0 fully saturated rings. The normalized spacial score (nSPS) is 14.7. The van der Waals surface area contributed by atoms with E-state index in [4.69, 9.17) is 4.74 Å². The first kappa shape index (κ1) is 18.4. The Labute approximate surface area is 132 Å². The number of alkyl carbamates (subject to hydrolysis) is 1. The van der Waals surface area contributed by atoms with Crippen LogP contribution in [0, 0.1) is 11.3 Å². The fourth-order valence-corrected chi connectivity index (χ4v) is 2.16. The summed E-state index contributed by atoms with van der Waals surface area (Å²) < 4.78 is 6.87. The van der Waals surface area contributed by atoms with Gasteiger partial charge in [0, 0.05) is 31.6 Å². The number of amides is 1. The lowest BCUT2D eigenvalue weighted by molar-refractivity contribution is 0.0391. The van der Waals surface area contributed by atoms with E-state index in [1.54, 1.807) is 11.7 Å². The maximum Gasteiger partial charge on any atom is 0.407 e. The summed E-state index contributed by atoms with van der Waals surface area (Å²) in [6.45, 7) is 9.73. The van der Waals surface area contributed by atoms with Crippen LogP contribution in [-0.4, -0.2) is 44.9 Å². The van der Waals surface area contributed by atoms with Gasteiger partial charge >= 0.3 is 6.09 Å². The zero-order chi connectivity index (χ0) is 17.0. The Bertz CT molecular complexity index is 493. The van der Waals surface area contributed by atoms with Crippen LogP contribution in [0.5, 0.6) is 0 Å². The number of nitrogens with one attached hydrogen (secondary N) is 1. The SMILES string of the molecule is CC(C)C(CO)(CNC(=O)OC(C)(C)C)Cc1cn(C)nn1. The van der Waals surface area contributed by atoms with E-state index in [1.807, 2.05) is 40.8 Å². The molecule has 0 aliphatic heterocycles. The summed E-state index contributed by atoms with van der Waals surface area (Å²) >= 11 is 0. The summed E-state index contributed by atoms with van der Waals surface area (Å²) in [5, 5.41) is 20.7. The number of carbonyl (C=O) groups is 1. The minimum Gasteiger partial charge on any atom is -0.444 e. The number of ether oxygens (including phenoxy) is 1. The van der Waals surface area contributed by atoms with Crippen molar-refractivity contribution in [3.63, 3.8) is 0 Å². The molecule has 0 saturated heterocycles. The van der Waals surface area contributed by atoms with Crippen LogP contribution >= 0.6 is 0 Å². The van der Waals surface area contributed by atoms with Crippen molar-refractivity contribution in [2.45, 2.75) is 46.6 Å².